The molecule has 0 aromatic carbocycles. The lowest BCUT2D eigenvalue weighted by atomic mass is 9.71. The van der Waals surface area contributed by atoms with Gasteiger partial charge in [0.05, 0.1) is 18.4 Å². The zero-order valence-corrected chi connectivity index (χ0v) is 13.3. The second-order valence-electron chi connectivity index (χ2n) is 6.61. The smallest absolute Gasteiger partial charge is 0.107 e. The van der Waals surface area contributed by atoms with Gasteiger partial charge in [0.25, 0.3) is 0 Å². The van der Waals surface area contributed by atoms with Gasteiger partial charge in [-0.15, -0.1) is 11.3 Å². The van der Waals surface area contributed by atoms with E-state index in [4.69, 9.17) is 4.74 Å². The fourth-order valence-corrected chi connectivity index (χ4v) is 4.03. The maximum Gasteiger partial charge on any atom is 0.107 e. The molecular formula is C15H26N2OS. The number of ether oxygens (including phenoxy) is 1. The second-order valence-corrected chi connectivity index (χ2v) is 7.55. The summed E-state index contributed by atoms with van der Waals surface area (Å²) in [6.07, 6.45) is 4.07. The van der Waals surface area contributed by atoms with E-state index in [0.717, 1.165) is 23.2 Å². The molecule has 1 aromatic rings. The quantitative estimate of drug-likeness (QED) is 0.896. The highest BCUT2D eigenvalue weighted by Gasteiger charge is 2.32. The molecule has 19 heavy (non-hydrogen) atoms. The van der Waals surface area contributed by atoms with Crippen molar-refractivity contribution in [1.29, 1.82) is 0 Å². The highest BCUT2D eigenvalue weighted by Crippen LogP contribution is 2.39. The number of rotatable bonds is 5. The molecule has 1 heterocycles. The van der Waals surface area contributed by atoms with Crippen molar-refractivity contribution in [2.45, 2.75) is 59.3 Å². The van der Waals surface area contributed by atoms with Gasteiger partial charge < -0.3 is 10.1 Å². The van der Waals surface area contributed by atoms with Crippen LogP contribution in [0.1, 0.15) is 50.7 Å². The first-order valence-electron chi connectivity index (χ1n) is 7.18. The molecule has 0 spiro atoms. The Kier molecular flexibility index (Phi) is 4.98. The summed E-state index contributed by atoms with van der Waals surface area (Å²) in [5.41, 5.74) is 1.49. The number of thiazole rings is 1. The Hall–Kier alpha value is -0.450. The van der Waals surface area contributed by atoms with Crippen LogP contribution >= 0.6 is 11.3 Å². The molecule has 4 heteroatoms. The second kappa shape index (κ2) is 6.33. The zero-order chi connectivity index (χ0) is 13.9. The summed E-state index contributed by atoms with van der Waals surface area (Å²) in [5, 5.41) is 6.38. The lowest BCUT2D eigenvalue weighted by Crippen LogP contribution is -2.32. The molecule has 1 aromatic heterocycles. The van der Waals surface area contributed by atoms with E-state index < -0.39 is 0 Å². The van der Waals surface area contributed by atoms with Crippen LogP contribution in [0.5, 0.6) is 0 Å². The van der Waals surface area contributed by atoms with E-state index in [2.05, 4.69) is 36.5 Å². The summed E-state index contributed by atoms with van der Waals surface area (Å²) in [6.45, 7) is 8.55. The standard InChI is InChI=1S/C15H26N2OS/c1-11-5-13(7-15(2,3)6-11)18-9-12-10-19-14(17-12)8-16-4/h10-11,13,16H,5-9H2,1-4H3. The summed E-state index contributed by atoms with van der Waals surface area (Å²) in [6, 6.07) is 0. The summed E-state index contributed by atoms with van der Waals surface area (Å²) in [4.78, 5) is 4.57. The highest BCUT2D eigenvalue weighted by atomic mass is 32.1. The summed E-state index contributed by atoms with van der Waals surface area (Å²) in [7, 11) is 1.95. The average Bonchev–Trinajstić information content (AvgIpc) is 2.72. The monoisotopic (exact) mass is 282 g/mol. The minimum atomic E-state index is 0.396. The fourth-order valence-electron chi connectivity index (χ4n) is 3.24. The highest BCUT2D eigenvalue weighted by molar-refractivity contribution is 7.09. The predicted molar refractivity (Wildman–Crippen MR) is 80.3 cm³/mol. The fraction of sp³-hybridized carbons (Fsp3) is 0.800. The first-order valence-corrected chi connectivity index (χ1v) is 8.06. The van der Waals surface area contributed by atoms with Gasteiger partial charge in [0.2, 0.25) is 0 Å². The molecule has 2 rings (SSSR count). The molecule has 2 atom stereocenters. The van der Waals surface area contributed by atoms with Crippen molar-refractivity contribution in [3.8, 4) is 0 Å². The first-order chi connectivity index (χ1) is 8.98. The van der Waals surface area contributed by atoms with Gasteiger partial charge in [-0.1, -0.05) is 20.8 Å². The molecule has 0 bridgehead atoms. The van der Waals surface area contributed by atoms with Crippen LogP contribution in [0.15, 0.2) is 5.38 Å². The van der Waals surface area contributed by atoms with Crippen LogP contribution in [0, 0.1) is 11.3 Å². The molecule has 2 unspecified atom stereocenters. The van der Waals surface area contributed by atoms with E-state index in [0.29, 0.717) is 18.1 Å². The topological polar surface area (TPSA) is 34.2 Å². The van der Waals surface area contributed by atoms with E-state index in [-0.39, 0.29) is 0 Å². The van der Waals surface area contributed by atoms with Crippen molar-refractivity contribution in [3.05, 3.63) is 16.1 Å². The third-order valence-electron chi connectivity index (χ3n) is 3.74. The third kappa shape index (κ3) is 4.55. The van der Waals surface area contributed by atoms with Crippen molar-refractivity contribution < 1.29 is 4.74 Å². The van der Waals surface area contributed by atoms with Gasteiger partial charge in [-0.2, -0.15) is 0 Å². The lowest BCUT2D eigenvalue weighted by molar-refractivity contribution is -0.0325. The van der Waals surface area contributed by atoms with E-state index in [1.165, 1.54) is 19.3 Å². The normalized spacial score (nSPS) is 26.5. The van der Waals surface area contributed by atoms with Gasteiger partial charge in [0.1, 0.15) is 5.01 Å². The van der Waals surface area contributed by atoms with Crippen LogP contribution in [0.4, 0.5) is 0 Å². The molecule has 1 fully saturated rings. The lowest BCUT2D eigenvalue weighted by Gasteiger charge is -2.38. The Morgan fingerprint density at radius 2 is 2.26 bits per heavy atom. The Bertz CT molecular complexity index is 403. The van der Waals surface area contributed by atoms with Crippen molar-refractivity contribution in [2.75, 3.05) is 7.05 Å². The molecule has 3 nitrogen and oxygen atoms in total. The van der Waals surface area contributed by atoms with Gasteiger partial charge >= 0.3 is 0 Å². The number of hydrogen-bond acceptors (Lipinski definition) is 4. The molecule has 1 N–H and O–H groups in total. The van der Waals surface area contributed by atoms with Crippen LogP contribution in [0.2, 0.25) is 0 Å². The van der Waals surface area contributed by atoms with Crippen LogP contribution in [-0.4, -0.2) is 18.1 Å². The van der Waals surface area contributed by atoms with Gasteiger partial charge in [-0.25, -0.2) is 4.98 Å². The van der Waals surface area contributed by atoms with E-state index in [9.17, 15) is 0 Å². The molecule has 1 aliphatic carbocycles. The van der Waals surface area contributed by atoms with Crippen molar-refractivity contribution >= 4 is 11.3 Å². The van der Waals surface area contributed by atoms with E-state index in [1.54, 1.807) is 11.3 Å². The van der Waals surface area contributed by atoms with E-state index >= 15 is 0 Å². The SMILES string of the molecule is CNCc1nc(COC2CC(C)CC(C)(C)C2)cs1. The summed E-state index contributed by atoms with van der Waals surface area (Å²) in [5.74, 6) is 0.768. The minimum Gasteiger partial charge on any atom is -0.372 e. The van der Waals surface area contributed by atoms with Gasteiger partial charge in [-0.05, 0) is 37.6 Å². The molecular weight excluding hydrogens is 256 g/mol. The largest absolute Gasteiger partial charge is 0.372 e. The molecule has 0 radical (unpaired) electrons. The Balaban J connectivity index is 1.84. The Morgan fingerprint density at radius 1 is 1.47 bits per heavy atom. The zero-order valence-electron chi connectivity index (χ0n) is 12.5. The number of nitrogens with zero attached hydrogens (tertiary/aromatic N) is 1. The maximum atomic E-state index is 6.09. The molecule has 0 aliphatic heterocycles. The van der Waals surface area contributed by atoms with Crippen LogP contribution in [-0.2, 0) is 17.9 Å². The van der Waals surface area contributed by atoms with Crippen molar-refractivity contribution in [2.24, 2.45) is 11.3 Å². The molecule has 0 amide bonds. The summed E-state index contributed by atoms with van der Waals surface area (Å²) >= 11 is 1.71. The Labute approximate surface area is 120 Å². The maximum absolute atomic E-state index is 6.09. The van der Waals surface area contributed by atoms with Crippen LogP contribution in [0.3, 0.4) is 0 Å². The summed E-state index contributed by atoms with van der Waals surface area (Å²) < 4.78 is 6.09. The van der Waals surface area contributed by atoms with Gasteiger partial charge in [0.15, 0.2) is 0 Å². The van der Waals surface area contributed by atoms with Crippen molar-refractivity contribution in [3.63, 3.8) is 0 Å². The molecule has 108 valence electrons. The first kappa shape index (κ1) is 14.9. The van der Waals surface area contributed by atoms with Crippen LogP contribution < -0.4 is 5.32 Å². The van der Waals surface area contributed by atoms with Crippen molar-refractivity contribution in [1.82, 2.24) is 10.3 Å². The van der Waals surface area contributed by atoms with Crippen LogP contribution in [0.25, 0.3) is 0 Å². The van der Waals surface area contributed by atoms with E-state index in [1.807, 2.05) is 7.05 Å². The molecule has 1 aliphatic rings. The number of aromatic nitrogens is 1. The Morgan fingerprint density at radius 3 is 2.95 bits per heavy atom. The van der Waals surface area contributed by atoms with Gasteiger partial charge in [-0.3, -0.25) is 0 Å². The number of nitrogens with one attached hydrogen (secondary N) is 1. The average molecular weight is 282 g/mol. The molecule has 0 saturated heterocycles. The predicted octanol–water partition coefficient (Wildman–Crippen LogP) is 3.59. The van der Waals surface area contributed by atoms with Gasteiger partial charge in [0, 0.05) is 11.9 Å². The minimum absolute atomic E-state index is 0.396. The number of hydrogen-bond donors (Lipinski definition) is 1. The third-order valence-corrected chi connectivity index (χ3v) is 4.64. The molecule has 1 saturated carbocycles.